The minimum atomic E-state index is -0.172. The molecule has 2 rings (SSSR count). The van der Waals surface area contributed by atoms with Crippen molar-refractivity contribution in [1.29, 1.82) is 0 Å². The van der Waals surface area contributed by atoms with Gasteiger partial charge >= 0.3 is 6.03 Å². The lowest BCUT2D eigenvalue weighted by Crippen LogP contribution is -2.46. The molecule has 1 heterocycles. The minimum Gasteiger partial charge on any atom is -0.396 e. The summed E-state index contributed by atoms with van der Waals surface area (Å²) in [5.41, 5.74) is 1.95. The molecule has 5 nitrogen and oxygen atoms in total. The van der Waals surface area contributed by atoms with Crippen molar-refractivity contribution in [3.05, 3.63) is 29.6 Å². The highest BCUT2D eigenvalue weighted by Gasteiger charge is 2.24. The van der Waals surface area contributed by atoms with Crippen LogP contribution < -0.4 is 10.6 Å². The topological polar surface area (TPSA) is 74.2 Å². The summed E-state index contributed by atoms with van der Waals surface area (Å²) in [4.78, 5) is 16.4. The summed E-state index contributed by atoms with van der Waals surface area (Å²) < 4.78 is 0. The average Bonchev–Trinajstić information content (AvgIpc) is 2.54. The molecule has 1 aliphatic rings. The van der Waals surface area contributed by atoms with E-state index in [1.165, 1.54) is 19.3 Å². The van der Waals surface area contributed by atoms with Crippen LogP contribution in [0.25, 0.3) is 0 Å². The number of aliphatic hydroxyl groups excluding tert-OH is 1. The van der Waals surface area contributed by atoms with Crippen molar-refractivity contribution in [2.24, 2.45) is 5.92 Å². The lowest BCUT2D eigenvalue weighted by Gasteiger charge is -2.30. The number of pyridine rings is 1. The Kier molecular flexibility index (Phi) is 6.65. The van der Waals surface area contributed by atoms with Crippen LogP contribution in [0.4, 0.5) is 4.79 Å². The highest BCUT2D eigenvalue weighted by molar-refractivity contribution is 5.74. The molecule has 5 heteroatoms. The summed E-state index contributed by atoms with van der Waals surface area (Å²) in [6.07, 6.45) is 8.38. The van der Waals surface area contributed by atoms with Gasteiger partial charge in [0.05, 0.1) is 12.2 Å². The molecular weight excluding hydrogens is 278 g/mol. The molecule has 1 atom stereocenters. The molecule has 2 amide bonds. The van der Waals surface area contributed by atoms with E-state index >= 15 is 0 Å². The maximum atomic E-state index is 12.1. The van der Waals surface area contributed by atoms with E-state index in [9.17, 15) is 9.90 Å². The second kappa shape index (κ2) is 8.73. The van der Waals surface area contributed by atoms with Gasteiger partial charge in [-0.1, -0.05) is 25.3 Å². The molecule has 22 heavy (non-hydrogen) atoms. The first kappa shape index (κ1) is 16.7. The van der Waals surface area contributed by atoms with Crippen LogP contribution in [0, 0.1) is 12.8 Å². The molecule has 3 N–H and O–H groups in total. The van der Waals surface area contributed by atoms with Gasteiger partial charge in [0.2, 0.25) is 0 Å². The van der Waals surface area contributed by atoms with E-state index in [1.54, 1.807) is 6.20 Å². The summed E-state index contributed by atoms with van der Waals surface area (Å²) in [6.45, 7) is 2.52. The van der Waals surface area contributed by atoms with Gasteiger partial charge in [-0.15, -0.1) is 0 Å². The predicted molar refractivity (Wildman–Crippen MR) is 86.4 cm³/mol. The van der Waals surface area contributed by atoms with E-state index in [-0.39, 0.29) is 18.7 Å². The Morgan fingerprint density at radius 1 is 1.41 bits per heavy atom. The quantitative estimate of drug-likeness (QED) is 0.756. The molecule has 0 saturated heterocycles. The Balaban J connectivity index is 1.84. The zero-order valence-corrected chi connectivity index (χ0v) is 13.3. The number of aliphatic hydroxyl groups is 1. The maximum absolute atomic E-state index is 12.1. The molecule has 1 fully saturated rings. The number of hydrogen-bond donors (Lipinski definition) is 3. The minimum absolute atomic E-state index is 0.0649. The maximum Gasteiger partial charge on any atom is 0.315 e. The van der Waals surface area contributed by atoms with Gasteiger partial charge in [0.1, 0.15) is 0 Å². The van der Waals surface area contributed by atoms with Crippen molar-refractivity contribution in [2.75, 3.05) is 6.61 Å². The molecular formula is C17H27N3O2. The van der Waals surface area contributed by atoms with Crippen LogP contribution in [0.3, 0.4) is 0 Å². The van der Waals surface area contributed by atoms with Crippen molar-refractivity contribution in [3.8, 4) is 0 Å². The Labute approximate surface area is 132 Å². The largest absolute Gasteiger partial charge is 0.396 e. The Morgan fingerprint density at radius 3 is 2.86 bits per heavy atom. The van der Waals surface area contributed by atoms with E-state index in [1.807, 2.05) is 19.1 Å². The molecule has 1 aromatic rings. The summed E-state index contributed by atoms with van der Waals surface area (Å²) in [7, 11) is 0. The van der Waals surface area contributed by atoms with Crippen molar-refractivity contribution in [1.82, 2.24) is 15.6 Å². The molecule has 0 aromatic carbocycles. The molecule has 0 spiro atoms. The van der Waals surface area contributed by atoms with E-state index in [2.05, 4.69) is 15.6 Å². The third-order valence-corrected chi connectivity index (χ3v) is 4.51. The van der Waals surface area contributed by atoms with Gasteiger partial charge in [0.15, 0.2) is 0 Å². The third-order valence-electron chi connectivity index (χ3n) is 4.51. The number of hydrogen-bond acceptors (Lipinski definition) is 3. The number of carbonyl (C=O) groups excluding carboxylic acids is 1. The molecule has 0 radical (unpaired) electrons. The zero-order chi connectivity index (χ0) is 15.8. The Hall–Kier alpha value is -1.62. The SMILES string of the molecule is Cc1cccnc1CNC(=O)N[C@@H](CCO)C1CCCCC1. The summed E-state index contributed by atoms with van der Waals surface area (Å²) in [5.74, 6) is 0.489. The summed E-state index contributed by atoms with van der Waals surface area (Å²) in [6, 6.07) is 3.77. The number of rotatable bonds is 6. The van der Waals surface area contributed by atoms with E-state index in [4.69, 9.17) is 0 Å². The van der Waals surface area contributed by atoms with Crippen molar-refractivity contribution in [3.63, 3.8) is 0 Å². The first-order valence-corrected chi connectivity index (χ1v) is 8.26. The van der Waals surface area contributed by atoms with Gasteiger partial charge in [-0.05, 0) is 43.7 Å². The lowest BCUT2D eigenvalue weighted by molar-refractivity contribution is 0.196. The van der Waals surface area contributed by atoms with E-state index in [0.29, 0.717) is 18.9 Å². The molecule has 0 aliphatic heterocycles. The van der Waals surface area contributed by atoms with Crippen LogP contribution in [-0.2, 0) is 6.54 Å². The average molecular weight is 305 g/mol. The smallest absolute Gasteiger partial charge is 0.315 e. The monoisotopic (exact) mass is 305 g/mol. The molecule has 0 unspecified atom stereocenters. The van der Waals surface area contributed by atoms with Crippen LogP contribution in [0.1, 0.15) is 49.8 Å². The molecule has 1 saturated carbocycles. The summed E-state index contributed by atoms with van der Waals surface area (Å²) in [5, 5.41) is 15.2. The molecule has 122 valence electrons. The fourth-order valence-electron chi connectivity index (χ4n) is 3.19. The highest BCUT2D eigenvalue weighted by atomic mass is 16.3. The fraction of sp³-hybridized carbons (Fsp3) is 0.647. The van der Waals surface area contributed by atoms with Gasteiger partial charge in [0, 0.05) is 18.8 Å². The first-order chi connectivity index (χ1) is 10.7. The van der Waals surface area contributed by atoms with Crippen LogP contribution >= 0.6 is 0 Å². The number of nitrogens with zero attached hydrogens (tertiary/aromatic N) is 1. The highest BCUT2D eigenvalue weighted by Crippen LogP contribution is 2.27. The van der Waals surface area contributed by atoms with E-state index < -0.39 is 0 Å². The predicted octanol–water partition coefficient (Wildman–Crippen LogP) is 2.52. The van der Waals surface area contributed by atoms with Gasteiger partial charge in [-0.25, -0.2) is 4.79 Å². The Morgan fingerprint density at radius 2 is 2.18 bits per heavy atom. The van der Waals surface area contributed by atoms with Gasteiger partial charge in [-0.3, -0.25) is 4.98 Å². The zero-order valence-electron chi connectivity index (χ0n) is 13.3. The number of urea groups is 1. The van der Waals surface area contributed by atoms with Crippen LogP contribution in [0.2, 0.25) is 0 Å². The standard InChI is InChI=1S/C17H27N3O2/c1-13-6-5-10-18-16(13)12-19-17(22)20-15(9-11-21)14-7-3-2-4-8-14/h5-6,10,14-15,21H,2-4,7-9,11-12H2,1H3,(H2,19,20,22)/t15-/m0/s1. The summed E-state index contributed by atoms with van der Waals surface area (Å²) >= 11 is 0. The molecule has 1 aromatic heterocycles. The Bertz CT molecular complexity index is 473. The number of carbonyl (C=O) groups is 1. The number of aromatic nitrogens is 1. The second-order valence-corrected chi connectivity index (χ2v) is 6.11. The molecule has 0 bridgehead atoms. The van der Waals surface area contributed by atoms with Crippen molar-refractivity contribution >= 4 is 6.03 Å². The van der Waals surface area contributed by atoms with Gasteiger partial charge in [-0.2, -0.15) is 0 Å². The first-order valence-electron chi connectivity index (χ1n) is 8.26. The number of aryl methyl sites for hydroxylation is 1. The van der Waals surface area contributed by atoms with Crippen molar-refractivity contribution < 1.29 is 9.90 Å². The third kappa shape index (κ3) is 4.98. The van der Waals surface area contributed by atoms with Crippen LogP contribution in [0.5, 0.6) is 0 Å². The molecule has 1 aliphatic carbocycles. The van der Waals surface area contributed by atoms with Gasteiger partial charge < -0.3 is 15.7 Å². The number of nitrogens with one attached hydrogen (secondary N) is 2. The number of amides is 2. The second-order valence-electron chi connectivity index (χ2n) is 6.11. The normalized spacial score (nSPS) is 17.0. The lowest BCUT2D eigenvalue weighted by atomic mass is 9.83. The van der Waals surface area contributed by atoms with Gasteiger partial charge in [0.25, 0.3) is 0 Å². The van der Waals surface area contributed by atoms with Crippen LogP contribution in [0.15, 0.2) is 18.3 Å². The fourth-order valence-corrected chi connectivity index (χ4v) is 3.19. The van der Waals surface area contributed by atoms with Crippen molar-refractivity contribution in [2.45, 2.75) is 58.0 Å². The van der Waals surface area contributed by atoms with Crippen LogP contribution in [-0.4, -0.2) is 28.8 Å². The van der Waals surface area contributed by atoms with E-state index in [0.717, 1.165) is 24.1 Å².